The van der Waals surface area contributed by atoms with Crippen LogP contribution < -0.4 is 4.74 Å². The molecule has 0 amide bonds. The van der Waals surface area contributed by atoms with Gasteiger partial charge in [0.2, 0.25) is 0 Å². The summed E-state index contributed by atoms with van der Waals surface area (Å²) in [7, 11) is 0. The number of hydrogen-bond acceptors (Lipinski definition) is 4. The van der Waals surface area contributed by atoms with Crippen LogP contribution >= 0.6 is 11.8 Å². The summed E-state index contributed by atoms with van der Waals surface area (Å²) in [5.41, 5.74) is 0.919. The fourth-order valence-corrected chi connectivity index (χ4v) is 4.45. The standard InChI is InChI=1S/C26H29F3N2OS.Y/c1-3-31(4-2)19-20-8-11-22(12-9-20)32-16-6-5-7-17-33-25-14-15-30-24-18-21(26(27,28)29)10-13-23(24)25;/h8-15,18H,1-7,16-17,19H2;/q-2;. The van der Waals surface area contributed by atoms with Crippen LogP contribution in [0.25, 0.3) is 10.9 Å². The van der Waals surface area contributed by atoms with Gasteiger partial charge in [-0.3, -0.25) is 4.98 Å². The van der Waals surface area contributed by atoms with Gasteiger partial charge in [-0.25, -0.2) is 0 Å². The number of hydrogen-bond donors (Lipinski definition) is 0. The fourth-order valence-electron chi connectivity index (χ4n) is 3.40. The Morgan fingerprint density at radius 2 is 1.68 bits per heavy atom. The molecule has 0 N–H and O–H groups in total. The van der Waals surface area contributed by atoms with E-state index in [0.29, 0.717) is 12.1 Å². The van der Waals surface area contributed by atoms with E-state index in [1.807, 2.05) is 18.2 Å². The minimum absolute atomic E-state index is 0. The molecule has 3 nitrogen and oxygen atoms in total. The second kappa shape index (κ2) is 14.4. The molecule has 0 unspecified atom stereocenters. The molecule has 0 aliphatic carbocycles. The molecule has 0 fully saturated rings. The van der Waals surface area contributed by atoms with E-state index in [-0.39, 0.29) is 32.7 Å². The van der Waals surface area contributed by atoms with Gasteiger partial charge < -0.3 is 23.5 Å². The first-order valence-electron chi connectivity index (χ1n) is 11.0. The van der Waals surface area contributed by atoms with Crippen LogP contribution in [0, 0.1) is 13.8 Å². The van der Waals surface area contributed by atoms with Crippen LogP contribution in [0.4, 0.5) is 13.2 Å². The van der Waals surface area contributed by atoms with E-state index in [1.165, 1.54) is 11.6 Å². The molecule has 0 atom stereocenters. The molecule has 0 aliphatic heterocycles. The number of aromatic nitrogens is 1. The van der Waals surface area contributed by atoms with Crippen molar-refractivity contribution in [3.63, 3.8) is 0 Å². The van der Waals surface area contributed by atoms with Gasteiger partial charge in [0.1, 0.15) is 5.75 Å². The summed E-state index contributed by atoms with van der Waals surface area (Å²) < 4.78 is 44.6. The second-order valence-corrected chi connectivity index (χ2v) is 8.85. The Kier molecular flexibility index (Phi) is 12.3. The van der Waals surface area contributed by atoms with E-state index in [9.17, 15) is 13.2 Å². The van der Waals surface area contributed by atoms with Gasteiger partial charge in [-0.05, 0) is 60.9 Å². The van der Waals surface area contributed by atoms with E-state index in [4.69, 9.17) is 4.74 Å². The molecule has 0 bridgehead atoms. The number of nitrogens with zero attached hydrogens (tertiary/aromatic N) is 2. The first-order valence-corrected chi connectivity index (χ1v) is 12.0. The van der Waals surface area contributed by atoms with Crippen LogP contribution in [-0.2, 0) is 45.4 Å². The van der Waals surface area contributed by atoms with Crippen molar-refractivity contribution in [1.29, 1.82) is 0 Å². The largest absolute Gasteiger partial charge is 0.494 e. The van der Waals surface area contributed by atoms with Crippen LogP contribution in [0.1, 0.15) is 30.4 Å². The average Bonchev–Trinajstić information content (AvgIpc) is 2.82. The first-order chi connectivity index (χ1) is 15.9. The molecule has 3 rings (SSSR count). The van der Waals surface area contributed by atoms with Crippen molar-refractivity contribution in [3.8, 4) is 5.75 Å². The maximum Gasteiger partial charge on any atom is 0.416 e. The molecule has 34 heavy (non-hydrogen) atoms. The topological polar surface area (TPSA) is 25.4 Å². The van der Waals surface area contributed by atoms with E-state index in [1.54, 1.807) is 18.0 Å². The molecular formula is C26H29F3N2OSY-2. The van der Waals surface area contributed by atoms with Crippen molar-refractivity contribution >= 4 is 22.7 Å². The number of fused-ring (bicyclic) bond motifs is 1. The Morgan fingerprint density at radius 1 is 0.941 bits per heavy atom. The normalized spacial score (nSPS) is 11.6. The molecule has 0 spiro atoms. The second-order valence-electron chi connectivity index (χ2n) is 7.72. The SMILES string of the molecule is [CH2-]CN(C[CH2-])Cc1ccc(OCCCCCSc2ccnc3cc(C(F)(F)F)ccc23)cc1.[Y]. The summed E-state index contributed by atoms with van der Waals surface area (Å²) in [6.07, 6.45) is 0.187. The number of halogens is 3. The Bertz CT molecular complexity index is 1010. The van der Waals surface area contributed by atoms with Gasteiger partial charge in [-0.1, -0.05) is 18.2 Å². The number of alkyl halides is 3. The first kappa shape index (κ1) is 29.1. The summed E-state index contributed by atoms with van der Waals surface area (Å²) in [6.45, 7) is 10.8. The molecule has 1 heterocycles. The number of unbranched alkanes of at least 4 members (excludes halogenated alkanes) is 2. The molecule has 3 aromatic rings. The molecule has 0 saturated carbocycles. The zero-order valence-corrected chi connectivity index (χ0v) is 22.8. The maximum absolute atomic E-state index is 12.9. The van der Waals surface area contributed by atoms with Crippen molar-refractivity contribution in [3.05, 3.63) is 79.7 Å². The van der Waals surface area contributed by atoms with Crippen LogP contribution in [0.15, 0.2) is 59.6 Å². The van der Waals surface area contributed by atoms with E-state index in [2.05, 4.69) is 35.9 Å². The molecule has 1 aromatic heterocycles. The van der Waals surface area contributed by atoms with Crippen molar-refractivity contribution in [2.45, 2.75) is 36.9 Å². The summed E-state index contributed by atoms with van der Waals surface area (Å²) in [4.78, 5) is 7.22. The fraction of sp³-hybridized carbons (Fsp3) is 0.346. The van der Waals surface area contributed by atoms with Gasteiger partial charge in [-0.15, -0.1) is 24.9 Å². The van der Waals surface area contributed by atoms with Crippen LogP contribution in [-0.4, -0.2) is 35.3 Å². The molecule has 8 heteroatoms. The molecule has 1 radical (unpaired) electrons. The monoisotopic (exact) mass is 563 g/mol. The third-order valence-electron chi connectivity index (χ3n) is 5.31. The summed E-state index contributed by atoms with van der Waals surface area (Å²) >= 11 is 1.65. The number of ether oxygens (including phenoxy) is 1. The van der Waals surface area contributed by atoms with Crippen molar-refractivity contribution in [1.82, 2.24) is 9.88 Å². The Balaban J connectivity index is 0.00000408. The van der Waals surface area contributed by atoms with Crippen molar-refractivity contribution in [2.75, 3.05) is 25.4 Å². The minimum atomic E-state index is -4.36. The van der Waals surface area contributed by atoms with E-state index >= 15 is 0 Å². The van der Waals surface area contributed by atoms with E-state index < -0.39 is 11.7 Å². The summed E-state index contributed by atoms with van der Waals surface area (Å²) in [5, 5.41) is 0.760. The Morgan fingerprint density at radius 3 is 2.35 bits per heavy atom. The third-order valence-corrected chi connectivity index (χ3v) is 6.47. The Labute approximate surface area is 229 Å². The molecule has 0 aliphatic rings. The quantitative estimate of drug-likeness (QED) is 0.134. The number of benzene rings is 2. The molecule has 2 aromatic carbocycles. The van der Waals surface area contributed by atoms with Gasteiger partial charge in [0, 0.05) is 55.7 Å². The minimum Gasteiger partial charge on any atom is -0.494 e. The molecule has 0 saturated heterocycles. The third kappa shape index (κ3) is 8.81. The van der Waals surface area contributed by atoms with Gasteiger partial charge in [0.25, 0.3) is 0 Å². The smallest absolute Gasteiger partial charge is 0.416 e. The van der Waals surface area contributed by atoms with Crippen LogP contribution in [0.3, 0.4) is 0 Å². The molecule has 181 valence electrons. The summed E-state index contributed by atoms with van der Waals surface area (Å²) in [5.74, 6) is 1.76. The predicted octanol–water partition coefficient (Wildman–Crippen LogP) is 7.06. The zero-order chi connectivity index (χ0) is 23.7. The van der Waals surface area contributed by atoms with E-state index in [0.717, 1.165) is 72.8 Å². The van der Waals surface area contributed by atoms with Gasteiger partial charge >= 0.3 is 6.18 Å². The van der Waals surface area contributed by atoms with Gasteiger partial charge in [-0.2, -0.15) is 13.2 Å². The van der Waals surface area contributed by atoms with Crippen molar-refractivity contribution in [2.24, 2.45) is 0 Å². The van der Waals surface area contributed by atoms with Crippen LogP contribution in [0.5, 0.6) is 5.75 Å². The zero-order valence-electron chi connectivity index (χ0n) is 19.2. The number of pyridine rings is 1. The number of thioether (sulfide) groups is 1. The Hall–Kier alpha value is -1.15. The molecular weight excluding hydrogens is 534 g/mol. The van der Waals surface area contributed by atoms with Crippen LogP contribution in [0.2, 0.25) is 0 Å². The summed E-state index contributed by atoms with van der Waals surface area (Å²) in [6, 6.07) is 13.7. The van der Waals surface area contributed by atoms with Crippen molar-refractivity contribution < 1.29 is 50.6 Å². The van der Waals surface area contributed by atoms with Gasteiger partial charge in [0.15, 0.2) is 0 Å². The predicted molar refractivity (Wildman–Crippen MR) is 129 cm³/mol. The maximum atomic E-state index is 12.9. The average molecular weight is 563 g/mol. The van der Waals surface area contributed by atoms with Gasteiger partial charge in [0.05, 0.1) is 17.7 Å². The number of rotatable bonds is 12.